The number of hydrogen-bond acceptors (Lipinski definition) is 3. The lowest BCUT2D eigenvalue weighted by Gasteiger charge is -2.31. The predicted molar refractivity (Wildman–Crippen MR) is 86.6 cm³/mol. The zero-order chi connectivity index (χ0) is 14.4. The standard InChI is InChI=1S/C17H20N4/c1-12-4-3-9-21(11-12)16-6-5-13-14-10-18-8-7-15(14)20(2)17(13)19-16/h5-8,10,12H,3-4,9,11H2,1-2H3. The highest BCUT2D eigenvalue weighted by molar-refractivity contribution is 6.06. The zero-order valence-corrected chi connectivity index (χ0v) is 12.6. The molecule has 0 bridgehead atoms. The fourth-order valence-corrected chi connectivity index (χ4v) is 3.48. The van der Waals surface area contributed by atoms with Crippen molar-refractivity contribution in [1.29, 1.82) is 0 Å². The third kappa shape index (κ3) is 1.97. The van der Waals surface area contributed by atoms with Crippen molar-refractivity contribution in [2.45, 2.75) is 19.8 Å². The van der Waals surface area contributed by atoms with Gasteiger partial charge in [-0.1, -0.05) is 6.92 Å². The summed E-state index contributed by atoms with van der Waals surface area (Å²) < 4.78 is 2.17. The minimum absolute atomic E-state index is 0.757. The molecule has 0 spiro atoms. The van der Waals surface area contributed by atoms with Crippen molar-refractivity contribution in [3.63, 3.8) is 0 Å². The molecule has 1 unspecified atom stereocenters. The normalized spacial score (nSPS) is 19.5. The number of fused-ring (bicyclic) bond motifs is 3. The fourth-order valence-electron chi connectivity index (χ4n) is 3.48. The summed E-state index contributed by atoms with van der Waals surface area (Å²) in [5, 5.41) is 2.37. The van der Waals surface area contributed by atoms with Gasteiger partial charge in [0.2, 0.25) is 0 Å². The minimum Gasteiger partial charge on any atom is -0.356 e. The van der Waals surface area contributed by atoms with Crippen LogP contribution in [0.4, 0.5) is 5.82 Å². The molecule has 0 amide bonds. The second-order valence-electron chi connectivity index (χ2n) is 6.19. The molecule has 1 aliphatic rings. The van der Waals surface area contributed by atoms with Gasteiger partial charge in [0.1, 0.15) is 11.5 Å². The highest BCUT2D eigenvalue weighted by atomic mass is 15.2. The van der Waals surface area contributed by atoms with E-state index < -0.39 is 0 Å². The summed E-state index contributed by atoms with van der Waals surface area (Å²) >= 11 is 0. The van der Waals surface area contributed by atoms with E-state index in [9.17, 15) is 0 Å². The van der Waals surface area contributed by atoms with E-state index in [0.29, 0.717) is 0 Å². The third-order valence-corrected chi connectivity index (χ3v) is 4.61. The van der Waals surface area contributed by atoms with E-state index in [1.807, 2.05) is 12.4 Å². The smallest absolute Gasteiger partial charge is 0.143 e. The molecule has 1 atom stereocenters. The summed E-state index contributed by atoms with van der Waals surface area (Å²) in [6.07, 6.45) is 6.37. The van der Waals surface area contributed by atoms with Crippen molar-refractivity contribution < 1.29 is 0 Å². The SMILES string of the molecule is CC1CCCN(c2ccc3c4cnccc4n(C)c3n2)C1. The molecule has 0 aliphatic carbocycles. The molecule has 1 fully saturated rings. The molecule has 21 heavy (non-hydrogen) atoms. The van der Waals surface area contributed by atoms with Crippen molar-refractivity contribution in [3.05, 3.63) is 30.6 Å². The predicted octanol–water partition coefficient (Wildman–Crippen LogP) is 3.36. The van der Waals surface area contributed by atoms with E-state index >= 15 is 0 Å². The largest absolute Gasteiger partial charge is 0.356 e. The van der Waals surface area contributed by atoms with Gasteiger partial charge in [-0.3, -0.25) is 4.98 Å². The van der Waals surface area contributed by atoms with Crippen LogP contribution < -0.4 is 4.90 Å². The maximum absolute atomic E-state index is 4.93. The first kappa shape index (κ1) is 12.6. The lowest BCUT2D eigenvalue weighted by atomic mass is 10.0. The first-order valence-corrected chi connectivity index (χ1v) is 7.68. The van der Waals surface area contributed by atoms with Crippen molar-refractivity contribution >= 4 is 27.8 Å². The number of anilines is 1. The van der Waals surface area contributed by atoms with Crippen LogP contribution in [0, 0.1) is 5.92 Å². The van der Waals surface area contributed by atoms with Crippen LogP contribution in [0.3, 0.4) is 0 Å². The van der Waals surface area contributed by atoms with E-state index in [1.165, 1.54) is 29.1 Å². The van der Waals surface area contributed by atoms with Gasteiger partial charge in [0.15, 0.2) is 0 Å². The molecule has 3 aromatic heterocycles. The molecule has 4 rings (SSSR count). The molecule has 0 aromatic carbocycles. The van der Waals surface area contributed by atoms with Crippen molar-refractivity contribution in [2.75, 3.05) is 18.0 Å². The van der Waals surface area contributed by atoms with Crippen LogP contribution in [0.25, 0.3) is 21.9 Å². The fraction of sp³-hybridized carbons (Fsp3) is 0.412. The number of nitrogens with zero attached hydrogens (tertiary/aromatic N) is 4. The summed E-state index contributed by atoms with van der Waals surface area (Å²) in [7, 11) is 2.08. The molecule has 0 saturated carbocycles. The van der Waals surface area contributed by atoms with Crippen LogP contribution in [-0.2, 0) is 7.05 Å². The highest BCUT2D eigenvalue weighted by Crippen LogP contribution is 2.29. The summed E-state index contributed by atoms with van der Waals surface area (Å²) in [6.45, 7) is 4.56. The van der Waals surface area contributed by atoms with Gasteiger partial charge in [0.25, 0.3) is 0 Å². The minimum atomic E-state index is 0.757. The molecule has 1 aliphatic heterocycles. The summed E-state index contributed by atoms with van der Waals surface area (Å²) in [5.41, 5.74) is 2.24. The number of hydrogen-bond donors (Lipinski definition) is 0. The molecule has 3 aromatic rings. The Morgan fingerprint density at radius 1 is 1.19 bits per heavy atom. The average molecular weight is 280 g/mol. The number of piperidine rings is 1. The molecule has 4 heteroatoms. The van der Waals surface area contributed by atoms with Gasteiger partial charge in [-0.05, 0) is 37.0 Å². The molecule has 0 N–H and O–H groups in total. The Kier molecular flexibility index (Phi) is 2.84. The van der Waals surface area contributed by atoms with Crippen LogP contribution in [-0.4, -0.2) is 27.6 Å². The Labute approximate surface area is 124 Å². The molecule has 108 valence electrons. The Morgan fingerprint density at radius 3 is 2.95 bits per heavy atom. The first-order valence-electron chi connectivity index (χ1n) is 7.68. The number of pyridine rings is 2. The Balaban J connectivity index is 1.86. The number of rotatable bonds is 1. The van der Waals surface area contributed by atoms with Crippen LogP contribution in [0.1, 0.15) is 19.8 Å². The summed E-state index contributed by atoms with van der Waals surface area (Å²) in [4.78, 5) is 11.6. The van der Waals surface area contributed by atoms with E-state index in [1.54, 1.807) is 0 Å². The van der Waals surface area contributed by atoms with Gasteiger partial charge in [-0.25, -0.2) is 4.98 Å². The van der Waals surface area contributed by atoms with Crippen LogP contribution in [0.2, 0.25) is 0 Å². The van der Waals surface area contributed by atoms with Gasteiger partial charge < -0.3 is 9.47 Å². The van der Waals surface area contributed by atoms with Crippen LogP contribution >= 0.6 is 0 Å². The lowest BCUT2D eigenvalue weighted by molar-refractivity contribution is 0.445. The monoisotopic (exact) mass is 280 g/mol. The van der Waals surface area contributed by atoms with Crippen molar-refractivity contribution in [3.8, 4) is 0 Å². The van der Waals surface area contributed by atoms with Crippen molar-refractivity contribution in [1.82, 2.24) is 14.5 Å². The van der Waals surface area contributed by atoms with Gasteiger partial charge >= 0.3 is 0 Å². The van der Waals surface area contributed by atoms with Crippen molar-refractivity contribution in [2.24, 2.45) is 13.0 Å². The van der Waals surface area contributed by atoms with Crippen LogP contribution in [0.15, 0.2) is 30.6 Å². The van der Waals surface area contributed by atoms with E-state index in [2.05, 4.69) is 46.6 Å². The molecular weight excluding hydrogens is 260 g/mol. The lowest BCUT2D eigenvalue weighted by Crippen LogP contribution is -2.34. The molecule has 4 nitrogen and oxygen atoms in total. The molecule has 1 saturated heterocycles. The van der Waals surface area contributed by atoms with Gasteiger partial charge in [-0.2, -0.15) is 0 Å². The summed E-state index contributed by atoms with van der Waals surface area (Å²) in [6, 6.07) is 6.41. The quantitative estimate of drug-likeness (QED) is 0.685. The van der Waals surface area contributed by atoms with Gasteiger partial charge in [-0.15, -0.1) is 0 Å². The first-order chi connectivity index (χ1) is 10.2. The van der Waals surface area contributed by atoms with E-state index in [4.69, 9.17) is 4.98 Å². The second-order valence-corrected chi connectivity index (χ2v) is 6.19. The maximum Gasteiger partial charge on any atom is 0.143 e. The van der Waals surface area contributed by atoms with Gasteiger partial charge in [0, 0.05) is 43.3 Å². The maximum atomic E-state index is 4.93. The average Bonchev–Trinajstić information content (AvgIpc) is 2.81. The number of aryl methyl sites for hydroxylation is 1. The van der Waals surface area contributed by atoms with E-state index in [-0.39, 0.29) is 0 Å². The second kappa shape index (κ2) is 4.72. The summed E-state index contributed by atoms with van der Waals surface area (Å²) in [5.74, 6) is 1.86. The Hall–Kier alpha value is -2.10. The van der Waals surface area contributed by atoms with Gasteiger partial charge in [0.05, 0.1) is 5.52 Å². The molecule has 4 heterocycles. The third-order valence-electron chi connectivity index (χ3n) is 4.61. The molecule has 0 radical (unpaired) electrons. The molecular formula is C17H20N4. The Bertz CT molecular complexity index is 805. The highest BCUT2D eigenvalue weighted by Gasteiger charge is 2.19. The Morgan fingerprint density at radius 2 is 2.10 bits per heavy atom. The number of aromatic nitrogens is 3. The zero-order valence-electron chi connectivity index (χ0n) is 12.6. The van der Waals surface area contributed by atoms with E-state index in [0.717, 1.165) is 30.5 Å². The van der Waals surface area contributed by atoms with Crippen LogP contribution in [0.5, 0.6) is 0 Å². The topological polar surface area (TPSA) is 34.0 Å².